The van der Waals surface area contributed by atoms with Crippen molar-refractivity contribution in [1.82, 2.24) is 10.2 Å². The highest BCUT2D eigenvalue weighted by atomic mass is 16.5. The molecule has 0 spiro atoms. The molecule has 1 atom stereocenters. The van der Waals surface area contributed by atoms with Gasteiger partial charge in [0.15, 0.2) is 0 Å². The van der Waals surface area contributed by atoms with E-state index in [1.54, 1.807) is 16.8 Å². The minimum absolute atomic E-state index is 0.101. The van der Waals surface area contributed by atoms with E-state index in [-0.39, 0.29) is 30.8 Å². The number of hydrogen-bond donors (Lipinski definition) is 1. The average Bonchev–Trinajstić information content (AvgIpc) is 3.49. The number of aryl methyl sites for hydroxylation is 1. The largest absolute Gasteiger partial charge is 0.431 e. The van der Waals surface area contributed by atoms with Crippen molar-refractivity contribution in [3.8, 4) is 5.69 Å². The van der Waals surface area contributed by atoms with Gasteiger partial charge < -0.3 is 0 Å². The second-order valence-corrected chi connectivity index (χ2v) is 8.12. The first-order valence-electron chi connectivity index (χ1n) is 10.4. The predicted octanol–water partition coefficient (Wildman–Crippen LogP) is 1.85. The van der Waals surface area contributed by atoms with Gasteiger partial charge in [-0.05, 0) is 41.9 Å². The van der Waals surface area contributed by atoms with Gasteiger partial charge in [0.25, 0.3) is 5.91 Å². The minimum Gasteiger partial charge on any atom is -0.283 e. The van der Waals surface area contributed by atoms with Crippen molar-refractivity contribution in [2.75, 3.05) is 4.90 Å². The SMILES string of the molecule is Cc1ccc(N2C(=O)CC(N(Cc3c(=O)o[nH][n+]3-c3ccccc3)C3CC3)C2=O)cc1. The van der Waals surface area contributed by atoms with Gasteiger partial charge in [-0.15, -0.1) is 0 Å². The third-order valence-electron chi connectivity index (χ3n) is 5.91. The lowest BCUT2D eigenvalue weighted by atomic mass is 10.2. The van der Waals surface area contributed by atoms with Crippen molar-refractivity contribution in [2.24, 2.45) is 0 Å². The molecule has 1 aliphatic heterocycles. The van der Waals surface area contributed by atoms with Crippen LogP contribution in [0.1, 0.15) is 30.5 Å². The number of rotatable bonds is 6. The van der Waals surface area contributed by atoms with Crippen LogP contribution in [0.2, 0.25) is 0 Å². The number of carbonyl (C=O) groups is 2. The number of benzene rings is 2. The van der Waals surface area contributed by atoms with Crippen LogP contribution >= 0.6 is 0 Å². The zero-order chi connectivity index (χ0) is 21.5. The van der Waals surface area contributed by atoms with E-state index in [1.165, 1.54) is 4.90 Å². The zero-order valence-corrected chi connectivity index (χ0v) is 17.2. The van der Waals surface area contributed by atoms with E-state index in [9.17, 15) is 14.4 Å². The Kier molecular flexibility index (Phi) is 4.78. The Balaban J connectivity index is 1.45. The number of nitrogens with zero attached hydrogens (tertiary/aromatic N) is 3. The highest BCUT2D eigenvalue weighted by Gasteiger charge is 2.48. The highest BCUT2D eigenvalue weighted by molar-refractivity contribution is 6.22. The van der Waals surface area contributed by atoms with Gasteiger partial charge >= 0.3 is 11.3 Å². The normalized spacial score (nSPS) is 18.9. The number of hydrogen-bond acceptors (Lipinski definition) is 5. The average molecular weight is 419 g/mol. The molecule has 3 aromatic rings. The van der Waals surface area contributed by atoms with Crippen molar-refractivity contribution < 1.29 is 18.8 Å². The van der Waals surface area contributed by atoms with E-state index in [2.05, 4.69) is 5.27 Å². The van der Waals surface area contributed by atoms with Gasteiger partial charge in [-0.1, -0.05) is 35.9 Å². The van der Waals surface area contributed by atoms with Crippen LogP contribution in [0.4, 0.5) is 5.69 Å². The molecule has 2 amide bonds. The Bertz CT molecular complexity index is 1180. The van der Waals surface area contributed by atoms with Gasteiger partial charge in [0.05, 0.1) is 24.7 Å². The lowest BCUT2D eigenvalue weighted by Gasteiger charge is -2.25. The van der Waals surface area contributed by atoms with Crippen LogP contribution in [-0.4, -0.2) is 34.1 Å². The van der Waals surface area contributed by atoms with Crippen molar-refractivity contribution in [2.45, 2.75) is 44.8 Å². The summed E-state index contributed by atoms with van der Waals surface area (Å²) in [6, 6.07) is 16.3. The molecule has 8 heteroatoms. The minimum atomic E-state index is -0.597. The van der Waals surface area contributed by atoms with E-state index in [1.807, 2.05) is 54.3 Å². The molecule has 2 aromatic carbocycles. The Morgan fingerprint density at radius 2 is 1.77 bits per heavy atom. The van der Waals surface area contributed by atoms with Crippen molar-refractivity contribution >= 4 is 17.5 Å². The standard InChI is InChI=1S/C23H22N4O4/c1-15-7-9-17(10-8-15)26-21(28)13-19(22(26)29)25(16-11-12-16)14-20-23(30)31-24-27(20)18-5-3-2-4-6-18/h2-10,16,19H,11-14H2,1H3/p+1. The summed E-state index contributed by atoms with van der Waals surface area (Å²) in [6.07, 6.45) is 1.97. The second kappa shape index (κ2) is 7.63. The Morgan fingerprint density at radius 3 is 2.45 bits per heavy atom. The molecule has 2 aliphatic rings. The van der Waals surface area contributed by atoms with Crippen LogP contribution in [0, 0.1) is 6.92 Å². The summed E-state index contributed by atoms with van der Waals surface area (Å²) in [5.74, 6) is -0.464. The van der Waals surface area contributed by atoms with Crippen LogP contribution in [0.3, 0.4) is 0 Å². The lowest BCUT2D eigenvalue weighted by Crippen LogP contribution is -2.47. The number of imide groups is 1. The molecule has 8 nitrogen and oxygen atoms in total. The predicted molar refractivity (Wildman–Crippen MR) is 112 cm³/mol. The fourth-order valence-corrected chi connectivity index (χ4v) is 4.13. The van der Waals surface area contributed by atoms with Gasteiger partial charge in [0.1, 0.15) is 0 Å². The van der Waals surface area contributed by atoms with Crippen molar-refractivity contribution in [3.05, 3.63) is 76.3 Å². The summed E-state index contributed by atoms with van der Waals surface area (Å²) in [4.78, 5) is 41.8. The molecule has 1 saturated carbocycles. The molecule has 1 unspecified atom stereocenters. The van der Waals surface area contributed by atoms with Crippen LogP contribution < -0.4 is 15.2 Å². The molecular weight excluding hydrogens is 396 g/mol. The van der Waals surface area contributed by atoms with Crippen molar-refractivity contribution in [3.63, 3.8) is 0 Å². The molecule has 1 aliphatic carbocycles. The number of nitrogens with one attached hydrogen (secondary N) is 1. The first kappa shape index (κ1) is 19.4. The number of aromatic amines is 1. The molecule has 1 saturated heterocycles. The quantitative estimate of drug-likeness (QED) is 0.486. The molecule has 1 N–H and O–H groups in total. The molecule has 5 rings (SSSR count). The van der Waals surface area contributed by atoms with Gasteiger partial charge in [-0.3, -0.25) is 19.0 Å². The number of anilines is 1. The molecular formula is C23H23N4O4+. The fourth-order valence-electron chi connectivity index (χ4n) is 4.13. The highest BCUT2D eigenvalue weighted by Crippen LogP contribution is 2.34. The number of H-pyrrole nitrogens is 1. The molecule has 0 radical (unpaired) electrons. The van der Waals surface area contributed by atoms with E-state index >= 15 is 0 Å². The maximum absolute atomic E-state index is 13.3. The smallest absolute Gasteiger partial charge is 0.283 e. The summed E-state index contributed by atoms with van der Waals surface area (Å²) in [6.45, 7) is 2.18. The maximum atomic E-state index is 13.3. The zero-order valence-electron chi connectivity index (χ0n) is 17.2. The maximum Gasteiger partial charge on any atom is 0.431 e. The van der Waals surface area contributed by atoms with Gasteiger partial charge in [-0.25, -0.2) is 9.69 Å². The third-order valence-corrected chi connectivity index (χ3v) is 5.91. The van der Waals surface area contributed by atoms with E-state index < -0.39 is 11.7 Å². The van der Waals surface area contributed by atoms with Crippen LogP contribution in [0.15, 0.2) is 63.9 Å². The number of para-hydroxylation sites is 1. The summed E-state index contributed by atoms with van der Waals surface area (Å²) < 4.78 is 6.65. The van der Waals surface area contributed by atoms with Crippen LogP contribution in [0.25, 0.3) is 5.69 Å². The summed E-state index contributed by atoms with van der Waals surface area (Å²) in [5, 5.41) is 2.65. The molecule has 2 heterocycles. The fraction of sp³-hybridized carbons (Fsp3) is 0.304. The first-order valence-corrected chi connectivity index (χ1v) is 10.4. The van der Waals surface area contributed by atoms with E-state index in [0.29, 0.717) is 11.4 Å². The number of aromatic nitrogens is 2. The molecule has 158 valence electrons. The Morgan fingerprint density at radius 1 is 1.06 bits per heavy atom. The second-order valence-electron chi connectivity index (χ2n) is 8.12. The monoisotopic (exact) mass is 419 g/mol. The van der Waals surface area contributed by atoms with Gasteiger partial charge in [0.2, 0.25) is 11.6 Å². The van der Waals surface area contributed by atoms with Gasteiger partial charge in [-0.2, -0.15) is 0 Å². The number of carbonyl (C=O) groups excluding carboxylic acids is 2. The topological polar surface area (TPSA) is 90.5 Å². The molecule has 2 fully saturated rings. The lowest BCUT2D eigenvalue weighted by molar-refractivity contribution is -0.678. The molecule has 1 aromatic heterocycles. The Labute approximate surface area is 178 Å². The van der Waals surface area contributed by atoms with Crippen LogP contribution in [-0.2, 0) is 16.1 Å². The van der Waals surface area contributed by atoms with Gasteiger partial charge in [0, 0.05) is 18.2 Å². The summed E-state index contributed by atoms with van der Waals surface area (Å²) in [7, 11) is 0. The summed E-state index contributed by atoms with van der Waals surface area (Å²) in [5.41, 5.74) is 2.31. The number of amides is 2. The first-order chi connectivity index (χ1) is 15.0. The van der Waals surface area contributed by atoms with Crippen LogP contribution in [0.5, 0.6) is 0 Å². The summed E-state index contributed by atoms with van der Waals surface area (Å²) >= 11 is 0. The van der Waals surface area contributed by atoms with Crippen molar-refractivity contribution in [1.29, 1.82) is 0 Å². The molecule has 31 heavy (non-hydrogen) atoms. The molecule has 0 bridgehead atoms. The van der Waals surface area contributed by atoms with E-state index in [0.717, 1.165) is 24.1 Å². The third kappa shape index (κ3) is 3.59. The Hall–Kier alpha value is -3.52. The van der Waals surface area contributed by atoms with E-state index in [4.69, 9.17) is 4.52 Å².